The third kappa shape index (κ3) is 3.16. The van der Waals surface area contributed by atoms with E-state index < -0.39 is 0 Å². The van der Waals surface area contributed by atoms with Crippen molar-refractivity contribution < 1.29 is 0 Å². The molecule has 0 radical (unpaired) electrons. The third-order valence-electron chi connectivity index (χ3n) is 3.33. The summed E-state index contributed by atoms with van der Waals surface area (Å²) < 4.78 is 0. The summed E-state index contributed by atoms with van der Waals surface area (Å²) in [6.45, 7) is 10.7. The molecular weight excluding hydrogens is 246 g/mol. The fourth-order valence-corrected chi connectivity index (χ4v) is 2.33. The van der Waals surface area contributed by atoms with E-state index in [0.717, 1.165) is 23.4 Å². The molecule has 0 amide bonds. The lowest BCUT2D eigenvalue weighted by atomic mass is 9.89. The Hall–Kier alpha value is -1.90. The van der Waals surface area contributed by atoms with Crippen molar-refractivity contribution in [1.82, 2.24) is 9.97 Å². The van der Waals surface area contributed by atoms with Crippen molar-refractivity contribution in [2.45, 2.75) is 46.5 Å². The van der Waals surface area contributed by atoms with Gasteiger partial charge in [0.15, 0.2) is 0 Å². The van der Waals surface area contributed by atoms with Gasteiger partial charge in [-0.25, -0.2) is 9.97 Å². The lowest BCUT2D eigenvalue weighted by molar-refractivity contribution is 0.563. The molecule has 0 bridgehead atoms. The van der Waals surface area contributed by atoms with Crippen LogP contribution in [0, 0.1) is 6.92 Å². The van der Waals surface area contributed by atoms with Crippen molar-refractivity contribution in [3.8, 4) is 0 Å². The number of benzene rings is 1. The lowest BCUT2D eigenvalue weighted by Gasteiger charge is -2.21. The maximum atomic E-state index is 4.69. The molecule has 2 aromatic rings. The molecular formula is C17H23N3. The topological polar surface area (TPSA) is 37.8 Å². The molecule has 0 spiro atoms. The quantitative estimate of drug-likeness (QED) is 0.898. The minimum Gasteiger partial charge on any atom is -0.324 e. The Balaban J connectivity index is 2.35. The standard InChI is InChI=1S/C17H23N3/c1-6-13-9-7-8-10-14(13)19-16-18-11-12(2)15(20-16)17(3,4)5/h7-11H,6H2,1-5H3,(H,18,19,20). The molecule has 0 saturated carbocycles. The van der Waals surface area contributed by atoms with Crippen molar-refractivity contribution in [1.29, 1.82) is 0 Å². The average Bonchev–Trinajstić information content (AvgIpc) is 2.40. The van der Waals surface area contributed by atoms with Crippen LogP contribution >= 0.6 is 0 Å². The molecule has 0 unspecified atom stereocenters. The van der Waals surface area contributed by atoms with Crippen LogP contribution in [0.2, 0.25) is 0 Å². The van der Waals surface area contributed by atoms with E-state index in [1.807, 2.05) is 12.3 Å². The maximum absolute atomic E-state index is 4.69. The van der Waals surface area contributed by atoms with Gasteiger partial charge in [-0.05, 0) is 30.5 Å². The second-order valence-corrected chi connectivity index (χ2v) is 6.11. The lowest BCUT2D eigenvalue weighted by Crippen LogP contribution is -2.17. The normalized spacial score (nSPS) is 11.4. The van der Waals surface area contributed by atoms with Crippen LogP contribution in [0.3, 0.4) is 0 Å². The van der Waals surface area contributed by atoms with Gasteiger partial charge in [0.05, 0.1) is 5.69 Å². The highest BCUT2D eigenvalue weighted by Crippen LogP contribution is 2.25. The van der Waals surface area contributed by atoms with E-state index in [9.17, 15) is 0 Å². The highest BCUT2D eigenvalue weighted by Gasteiger charge is 2.19. The molecule has 3 nitrogen and oxygen atoms in total. The minimum absolute atomic E-state index is 0.0216. The summed E-state index contributed by atoms with van der Waals surface area (Å²) in [7, 11) is 0. The van der Waals surface area contributed by atoms with Crippen LogP contribution in [0.1, 0.15) is 44.5 Å². The molecule has 0 aliphatic carbocycles. The van der Waals surface area contributed by atoms with E-state index in [0.29, 0.717) is 5.95 Å². The van der Waals surface area contributed by atoms with Crippen LogP contribution in [0.15, 0.2) is 30.5 Å². The van der Waals surface area contributed by atoms with Gasteiger partial charge in [-0.1, -0.05) is 45.9 Å². The maximum Gasteiger partial charge on any atom is 0.227 e. The molecule has 2 rings (SSSR count). The van der Waals surface area contributed by atoms with E-state index in [1.165, 1.54) is 5.56 Å². The summed E-state index contributed by atoms with van der Waals surface area (Å²) in [5, 5.41) is 3.34. The molecule has 0 atom stereocenters. The molecule has 1 N–H and O–H groups in total. The van der Waals surface area contributed by atoms with Gasteiger partial charge in [0.1, 0.15) is 0 Å². The number of para-hydroxylation sites is 1. The Labute approximate surface area is 121 Å². The number of anilines is 2. The summed E-state index contributed by atoms with van der Waals surface area (Å²) in [6, 6.07) is 8.28. The van der Waals surface area contributed by atoms with Gasteiger partial charge in [0.2, 0.25) is 5.95 Å². The average molecular weight is 269 g/mol. The fraction of sp³-hybridized carbons (Fsp3) is 0.412. The Morgan fingerprint density at radius 1 is 1.15 bits per heavy atom. The molecule has 0 aliphatic rings. The highest BCUT2D eigenvalue weighted by atomic mass is 15.1. The van der Waals surface area contributed by atoms with Gasteiger partial charge in [0.25, 0.3) is 0 Å². The molecule has 0 fully saturated rings. The van der Waals surface area contributed by atoms with E-state index in [2.05, 4.69) is 63.1 Å². The van der Waals surface area contributed by atoms with Gasteiger partial charge >= 0.3 is 0 Å². The Morgan fingerprint density at radius 3 is 2.50 bits per heavy atom. The Kier molecular flexibility index (Phi) is 4.07. The number of rotatable bonds is 3. The smallest absolute Gasteiger partial charge is 0.227 e. The van der Waals surface area contributed by atoms with E-state index in [4.69, 9.17) is 4.98 Å². The van der Waals surface area contributed by atoms with E-state index in [1.54, 1.807) is 0 Å². The molecule has 0 aliphatic heterocycles. The number of hydrogen-bond acceptors (Lipinski definition) is 3. The van der Waals surface area contributed by atoms with Crippen molar-refractivity contribution in [2.24, 2.45) is 0 Å². The van der Waals surface area contributed by atoms with Crippen molar-refractivity contribution in [3.05, 3.63) is 47.3 Å². The second kappa shape index (κ2) is 5.61. The molecule has 1 heterocycles. The molecule has 0 saturated heterocycles. The van der Waals surface area contributed by atoms with E-state index in [-0.39, 0.29) is 5.41 Å². The van der Waals surface area contributed by atoms with Crippen LogP contribution in [0.5, 0.6) is 0 Å². The monoisotopic (exact) mass is 269 g/mol. The summed E-state index contributed by atoms with van der Waals surface area (Å²) in [5.74, 6) is 0.668. The fourth-order valence-electron chi connectivity index (χ4n) is 2.33. The van der Waals surface area contributed by atoms with E-state index >= 15 is 0 Å². The van der Waals surface area contributed by atoms with Gasteiger partial charge < -0.3 is 5.32 Å². The summed E-state index contributed by atoms with van der Waals surface area (Å²) in [6.07, 6.45) is 2.88. The first kappa shape index (κ1) is 14.5. The van der Waals surface area contributed by atoms with Gasteiger partial charge in [-0.2, -0.15) is 0 Å². The largest absolute Gasteiger partial charge is 0.324 e. The molecule has 20 heavy (non-hydrogen) atoms. The first-order valence-electron chi connectivity index (χ1n) is 7.11. The zero-order valence-corrected chi connectivity index (χ0v) is 13.0. The van der Waals surface area contributed by atoms with Crippen LogP contribution in [-0.2, 0) is 11.8 Å². The summed E-state index contributed by atoms with van der Waals surface area (Å²) in [5.41, 5.74) is 4.59. The molecule has 106 valence electrons. The predicted molar refractivity (Wildman–Crippen MR) is 84.6 cm³/mol. The third-order valence-corrected chi connectivity index (χ3v) is 3.33. The number of aryl methyl sites for hydroxylation is 2. The zero-order valence-electron chi connectivity index (χ0n) is 13.0. The van der Waals surface area contributed by atoms with Crippen LogP contribution < -0.4 is 5.32 Å². The minimum atomic E-state index is 0.0216. The van der Waals surface area contributed by atoms with Crippen molar-refractivity contribution in [2.75, 3.05) is 5.32 Å². The first-order valence-corrected chi connectivity index (χ1v) is 7.11. The zero-order chi connectivity index (χ0) is 14.8. The van der Waals surface area contributed by atoms with Gasteiger partial charge in [-0.15, -0.1) is 0 Å². The molecule has 3 heteroatoms. The number of nitrogens with one attached hydrogen (secondary N) is 1. The second-order valence-electron chi connectivity index (χ2n) is 6.11. The van der Waals surface area contributed by atoms with Crippen LogP contribution in [0.4, 0.5) is 11.6 Å². The molecule has 1 aromatic carbocycles. The highest BCUT2D eigenvalue weighted by molar-refractivity contribution is 5.58. The number of aromatic nitrogens is 2. The Morgan fingerprint density at radius 2 is 1.85 bits per heavy atom. The SMILES string of the molecule is CCc1ccccc1Nc1ncc(C)c(C(C)(C)C)n1. The number of hydrogen-bond donors (Lipinski definition) is 1. The van der Waals surface area contributed by atoms with Crippen LogP contribution in [0.25, 0.3) is 0 Å². The molecule has 1 aromatic heterocycles. The summed E-state index contributed by atoms with van der Waals surface area (Å²) in [4.78, 5) is 9.09. The van der Waals surface area contributed by atoms with Crippen LogP contribution in [-0.4, -0.2) is 9.97 Å². The first-order chi connectivity index (χ1) is 9.41. The van der Waals surface area contributed by atoms with Gasteiger partial charge in [0, 0.05) is 17.3 Å². The van der Waals surface area contributed by atoms with Crippen molar-refractivity contribution in [3.63, 3.8) is 0 Å². The number of nitrogens with zero attached hydrogens (tertiary/aromatic N) is 2. The Bertz CT molecular complexity index is 597. The van der Waals surface area contributed by atoms with Crippen molar-refractivity contribution >= 4 is 11.6 Å². The predicted octanol–water partition coefficient (Wildman–Crippen LogP) is 4.39. The summed E-state index contributed by atoms with van der Waals surface area (Å²) >= 11 is 0. The van der Waals surface area contributed by atoms with Gasteiger partial charge in [-0.3, -0.25) is 0 Å².